The lowest BCUT2D eigenvalue weighted by atomic mass is 9.81. The van der Waals surface area contributed by atoms with Crippen molar-refractivity contribution in [3.8, 4) is 0 Å². The minimum absolute atomic E-state index is 0.666. The maximum absolute atomic E-state index is 2.60. The van der Waals surface area contributed by atoms with Crippen molar-refractivity contribution in [2.45, 2.75) is 128 Å². The van der Waals surface area contributed by atoms with E-state index in [1.54, 1.807) is 44.5 Å². The fourth-order valence-corrected chi connectivity index (χ4v) is 6.02. The van der Waals surface area contributed by atoms with Crippen LogP contribution in [0, 0.1) is 35.5 Å². The van der Waals surface area contributed by atoms with Crippen LogP contribution in [0.5, 0.6) is 0 Å². The van der Waals surface area contributed by atoms with Gasteiger partial charge in [-0.25, -0.2) is 0 Å². The molecule has 37 heavy (non-hydrogen) atoms. The van der Waals surface area contributed by atoms with E-state index in [1.165, 1.54) is 38.5 Å². The van der Waals surface area contributed by atoms with Gasteiger partial charge in [0, 0.05) is 0 Å². The molecule has 0 N–H and O–H groups in total. The van der Waals surface area contributed by atoms with Gasteiger partial charge in [-0.15, -0.1) is 0 Å². The van der Waals surface area contributed by atoms with Crippen molar-refractivity contribution in [1.82, 2.24) is 0 Å². The largest absolute Gasteiger partial charge is 0.0625 e. The minimum atomic E-state index is 0.666. The molecule has 2 aromatic rings. The highest BCUT2D eigenvalue weighted by Crippen LogP contribution is 2.31. The van der Waals surface area contributed by atoms with Crippen LogP contribution in [-0.2, 0) is 44.9 Å². The molecule has 0 aromatic heterocycles. The Morgan fingerprint density at radius 3 is 0.892 bits per heavy atom. The van der Waals surface area contributed by atoms with E-state index in [2.05, 4.69) is 107 Å². The molecule has 208 valence electrons. The summed E-state index contributed by atoms with van der Waals surface area (Å²) >= 11 is 0. The van der Waals surface area contributed by atoms with Gasteiger partial charge in [-0.3, -0.25) is 0 Å². The lowest BCUT2D eigenvalue weighted by Gasteiger charge is -2.24. The van der Waals surface area contributed by atoms with Crippen LogP contribution < -0.4 is 0 Å². The van der Waals surface area contributed by atoms with Crippen LogP contribution in [0.3, 0.4) is 0 Å². The molecular weight excluding hydrogens is 444 g/mol. The Labute approximate surface area is 232 Å². The second-order valence-electron chi connectivity index (χ2n) is 14.5. The highest BCUT2D eigenvalue weighted by molar-refractivity contribution is 5.47. The summed E-state index contributed by atoms with van der Waals surface area (Å²) in [5.74, 6) is 4.05. The van der Waals surface area contributed by atoms with Gasteiger partial charge in [0.2, 0.25) is 0 Å². The molecule has 0 spiro atoms. The molecule has 0 amide bonds. The highest BCUT2D eigenvalue weighted by atomic mass is 14.2. The summed E-state index contributed by atoms with van der Waals surface area (Å²) in [6, 6.07) is 10.3. The molecule has 0 aliphatic carbocycles. The van der Waals surface area contributed by atoms with Gasteiger partial charge in [0.05, 0.1) is 0 Å². The predicted molar refractivity (Wildman–Crippen MR) is 167 cm³/mol. The summed E-state index contributed by atoms with van der Waals surface area (Å²) in [4.78, 5) is 0. The summed E-state index contributed by atoms with van der Waals surface area (Å²) < 4.78 is 0. The van der Waals surface area contributed by atoms with Gasteiger partial charge >= 0.3 is 0 Å². The van der Waals surface area contributed by atoms with Crippen molar-refractivity contribution in [2.24, 2.45) is 35.5 Å². The Balaban J connectivity index is 2.78. The summed E-state index contributed by atoms with van der Waals surface area (Å²) in [5.41, 5.74) is 12.8. The normalized spacial score (nSPS) is 12.4. The zero-order valence-electron chi connectivity index (χ0n) is 26.7. The van der Waals surface area contributed by atoms with Crippen LogP contribution in [0.1, 0.15) is 128 Å². The third-order valence-corrected chi connectivity index (χ3v) is 7.14. The van der Waals surface area contributed by atoms with Crippen LogP contribution in [0.4, 0.5) is 0 Å². The maximum atomic E-state index is 2.60. The number of benzene rings is 2. The van der Waals surface area contributed by atoms with Gasteiger partial charge in [-0.05, 0) is 125 Å². The second-order valence-corrected chi connectivity index (χ2v) is 14.5. The van der Waals surface area contributed by atoms with Gasteiger partial charge in [0.15, 0.2) is 0 Å². The first-order chi connectivity index (χ1) is 17.2. The molecule has 0 heterocycles. The standard InChI is InChI=1S/C37H60/c1-24(2)13-30-19-32(15-26(5)6)36(17-28(9)10)34(21-30)23-35-22-31(14-25(3)4)20-33(16-27(7)8)37(35)18-29(11)12/h19-22,24-29H,13-18,23H2,1-12H3. The fraction of sp³-hybridized carbons (Fsp3) is 0.676. The quantitative estimate of drug-likeness (QED) is 0.240. The first-order valence-corrected chi connectivity index (χ1v) is 15.5. The molecular formula is C37H60. The van der Waals surface area contributed by atoms with Gasteiger partial charge in [0.25, 0.3) is 0 Å². The SMILES string of the molecule is CC(C)Cc1cc(Cc2cc(CC(C)C)cc(CC(C)C)c2CC(C)C)c(CC(C)C)c(CC(C)C)c1. The Kier molecular flexibility index (Phi) is 12.5. The predicted octanol–water partition coefficient (Wildman–Crippen LogP) is 10.5. The summed E-state index contributed by atoms with van der Waals surface area (Å²) in [6.07, 6.45) is 8.17. The van der Waals surface area contributed by atoms with Crippen molar-refractivity contribution < 1.29 is 0 Å². The third kappa shape index (κ3) is 10.6. The first kappa shape index (κ1) is 31.7. The van der Waals surface area contributed by atoms with E-state index in [-0.39, 0.29) is 0 Å². The van der Waals surface area contributed by atoms with Crippen molar-refractivity contribution in [2.75, 3.05) is 0 Å². The van der Waals surface area contributed by atoms with Crippen LogP contribution >= 0.6 is 0 Å². The molecule has 0 saturated heterocycles. The topological polar surface area (TPSA) is 0 Å². The molecule has 0 atom stereocenters. The van der Waals surface area contributed by atoms with Crippen LogP contribution in [0.15, 0.2) is 24.3 Å². The van der Waals surface area contributed by atoms with E-state index >= 15 is 0 Å². The Morgan fingerprint density at radius 1 is 0.351 bits per heavy atom. The van der Waals surface area contributed by atoms with Crippen LogP contribution in [-0.4, -0.2) is 0 Å². The Bertz CT molecular complexity index is 889. The van der Waals surface area contributed by atoms with Crippen molar-refractivity contribution in [3.63, 3.8) is 0 Å². The molecule has 0 saturated carbocycles. The maximum Gasteiger partial charge on any atom is -0.00199 e. The molecule has 0 fully saturated rings. The summed E-state index contributed by atoms with van der Waals surface area (Å²) in [5, 5.41) is 0. The third-order valence-electron chi connectivity index (χ3n) is 7.14. The van der Waals surface area contributed by atoms with Crippen LogP contribution in [0.25, 0.3) is 0 Å². The lowest BCUT2D eigenvalue weighted by molar-refractivity contribution is 0.604. The molecule has 0 nitrogen and oxygen atoms in total. The van der Waals surface area contributed by atoms with E-state index < -0.39 is 0 Å². The second kappa shape index (κ2) is 14.6. The van der Waals surface area contributed by atoms with Crippen molar-refractivity contribution >= 4 is 0 Å². The average molecular weight is 505 g/mol. The molecule has 0 bridgehead atoms. The molecule has 0 aliphatic rings. The Hall–Kier alpha value is -1.56. The molecule has 0 heteroatoms. The smallest absolute Gasteiger partial charge is 0.00199 e. The van der Waals surface area contributed by atoms with E-state index in [1.807, 2.05) is 0 Å². The lowest BCUT2D eigenvalue weighted by Crippen LogP contribution is -2.13. The van der Waals surface area contributed by atoms with E-state index in [0.29, 0.717) is 35.5 Å². The van der Waals surface area contributed by atoms with E-state index in [4.69, 9.17) is 0 Å². The molecule has 2 aromatic carbocycles. The van der Waals surface area contributed by atoms with Crippen molar-refractivity contribution in [1.29, 1.82) is 0 Å². The zero-order chi connectivity index (χ0) is 27.9. The summed E-state index contributed by atoms with van der Waals surface area (Å²) in [7, 11) is 0. The number of rotatable bonds is 14. The van der Waals surface area contributed by atoms with Gasteiger partial charge in [0.1, 0.15) is 0 Å². The van der Waals surface area contributed by atoms with E-state index in [9.17, 15) is 0 Å². The van der Waals surface area contributed by atoms with Crippen molar-refractivity contribution in [3.05, 3.63) is 68.8 Å². The van der Waals surface area contributed by atoms with Gasteiger partial charge in [-0.1, -0.05) is 107 Å². The highest BCUT2D eigenvalue weighted by Gasteiger charge is 2.19. The molecule has 0 unspecified atom stereocenters. The number of hydrogen-bond donors (Lipinski definition) is 0. The molecule has 0 radical (unpaired) electrons. The Morgan fingerprint density at radius 2 is 0.622 bits per heavy atom. The summed E-state index contributed by atoms with van der Waals surface area (Å²) in [6.45, 7) is 28.5. The molecule has 0 aliphatic heterocycles. The van der Waals surface area contributed by atoms with Crippen LogP contribution in [0.2, 0.25) is 0 Å². The van der Waals surface area contributed by atoms with Gasteiger partial charge in [-0.2, -0.15) is 0 Å². The fourth-order valence-electron chi connectivity index (χ4n) is 6.02. The average Bonchev–Trinajstić information content (AvgIpc) is 2.70. The monoisotopic (exact) mass is 504 g/mol. The zero-order valence-corrected chi connectivity index (χ0v) is 26.7. The minimum Gasteiger partial charge on any atom is -0.0625 e. The van der Waals surface area contributed by atoms with Gasteiger partial charge < -0.3 is 0 Å². The van der Waals surface area contributed by atoms with E-state index in [0.717, 1.165) is 6.42 Å². The first-order valence-electron chi connectivity index (χ1n) is 15.5. The molecule has 2 rings (SSSR count). The number of hydrogen-bond acceptors (Lipinski definition) is 0.